The van der Waals surface area contributed by atoms with Gasteiger partial charge in [-0.25, -0.2) is 0 Å². The Kier molecular flexibility index (Phi) is 5.40. The topological polar surface area (TPSA) is 157 Å². The van der Waals surface area contributed by atoms with E-state index in [1.807, 2.05) is 0 Å². The molecule has 1 aliphatic carbocycles. The first kappa shape index (κ1) is 21.5. The molecule has 0 radical (unpaired) electrons. The molecule has 0 saturated carbocycles. The Morgan fingerprint density at radius 3 is 2.32 bits per heavy atom. The minimum absolute atomic E-state index is 0.00360. The van der Waals surface area contributed by atoms with Crippen LogP contribution in [-0.4, -0.2) is 80.7 Å². The maximum Gasteiger partial charge on any atom is 0.201 e. The van der Waals surface area contributed by atoms with Gasteiger partial charge in [0.05, 0.1) is 30.9 Å². The third-order valence-electron chi connectivity index (χ3n) is 6.05. The molecule has 4 rings (SSSR count). The number of fused-ring (bicyclic) bond motifs is 2. The number of rotatable bonds is 3. The summed E-state index contributed by atoms with van der Waals surface area (Å²) in [6.45, 7) is 1.12. The largest absolute Gasteiger partial charge is 0.507 e. The first-order chi connectivity index (χ1) is 14.7. The van der Waals surface area contributed by atoms with E-state index in [-0.39, 0.29) is 28.4 Å². The van der Waals surface area contributed by atoms with Gasteiger partial charge in [-0.3, -0.25) is 4.79 Å². The van der Waals surface area contributed by atoms with E-state index >= 15 is 0 Å². The summed E-state index contributed by atoms with van der Waals surface area (Å²) in [5.74, 6) is -2.11. The van der Waals surface area contributed by atoms with Gasteiger partial charge in [0, 0.05) is 5.92 Å². The fourth-order valence-corrected chi connectivity index (χ4v) is 4.63. The number of aryl methyl sites for hydroxylation is 1. The molecule has 1 aliphatic heterocycles. The number of carbonyl (C=O) groups is 1. The van der Waals surface area contributed by atoms with Gasteiger partial charge in [0.2, 0.25) is 5.78 Å². The monoisotopic (exact) mass is 432 g/mol. The van der Waals surface area contributed by atoms with Crippen molar-refractivity contribution in [3.8, 4) is 17.2 Å². The van der Waals surface area contributed by atoms with E-state index in [1.165, 1.54) is 25.3 Å². The van der Waals surface area contributed by atoms with Gasteiger partial charge in [0.1, 0.15) is 30.2 Å². The molecule has 9 heteroatoms. The summed E-state index contributed by atoms with van der Waals surface area (Å²) in [5.41, 5.74) is 1.31. The van der Waals surface area contributed by atoms with E-state index in [4.69, 9.17) is 9.47 Å². The lowest BCUT2D eigenvalue weighted by Crippen LogP contribution is -2.60. The van der Waals surface area contributed by atoms with Crippen molar-refractivity contribution in [3.05, 3.63) is 52.1 Å². The summed E-state index contributed by atoms with van der Waals surface area (Å²) < 4.78 is 11.0. The lowest BCUT2D eigenvalue weighted by Gasteiger charge is -2.45. The minimum atomic E-state index is -1.61. The molecule has 1 fully saturated rings. The predicted molar refractivity (Wildman–Crippen MR) is 107 cm³/mol. The highest BCUT2D eigenvalue weighted by atomic mass is 16.5. The molecule has 0 spiro atoms. The molecule has 1 heterocycles. The molecular formula is C22H24O9. The van der Waals surface area contributed by atoms with Crippen LogP contribution >= 0.6 is 0 Å². The van der Waals surface area contributed by atoms with Gasteiger partial charge < -0.3 is 40.1 Å². The standard InChI is InChI=1S/C22H24O9/c1-8-5-10-14(22-20(29)19(28)17(26)13(7-23)31-22)9-3-4-11(24)21(30-2)16(9)18(27)15(10)12(25)6-8/h3-6,13-14,17,19-20,22-26,28-29H,7H2,1-2H3/t13-,14?,17-,19+,20-,22+/m1/s1. The van der Waals surface area contributed by atoms with Crippen LogP contribution in [-0.2, 0) is 4.74 Å². The molecule has 1 saturated heterocycles. The Bertz CT molecular complexity index is 1030. The van der Waals surface area contributed by atoms with Crippen molar-refractivity contribution in [2.75, 3.05) is 13.7 Å². The van der Waals surface area contributed by atoms with Crippen molar-refractivity contribution in [1.29, 1.82) is 0 Å². The predicted octanol–water partition coefficient (Wildman–Crippen LogP) is -0.0665. The molecule has 2 aromatic rings. The number of methoxy groups -OCH3 is 1. The number of phenols is 2. The maximum atomic E-state index is 13.3. The number of benzene rings is 2. The van der Waals surface area contributed by atoms with Crippen LogP contribution in [0.1, 0.15) is 38.5 Å². The summed E-state index contributed by atoms with van der Waals surface area (Å²) in [6.07, 6.45) is -7.06. The van der Waals surface area contributed by atoms with Gasteiger partial charge in [-0.1, -0.05) is 12.1 Å². The molecule has 166 valence electrons. The zero-order valence-corrected chi connectivity index (χ0v) is 16.9. The Hall–Kier alpha value is -2.69. The number of hydrogen-bond donors (Lipinski definition) is 6. The number of carbonyl (C=O) groups excluding carboxylic acids is 1. The molecule has 0 aromatic heterocycles. The first-order valence-electron chi connectivity index (χ1n) is 9.79. The number of ketones is 1. The van der Waals surface area contributed by atoms with Gasteiger partial charge in [0.15, 0.2) is 11.5 Å². The van der Waals surface area contributed by atoms with Gasteiger partial charge in [-0.15, -0.1) is 0 Å². The van der Waals surface area contributed by atoms with Crippen LogP contribution in [0.25, 0.3) is 0 Å². The fourth-order valence-electron chi connectivity index (χ4n) is 4.63. The molecule has 9 nitrogen and oxygen atoms in total. The van der Waals surface area contributed by atoms with Crippen molar-refractivity contribution in [2.24, 2.45) is 0 Å². The van der Waals surface area contributed by atoms with E-state index in [9.17, 15) is 35.4 Å². The number of aliphatic hydroxyl groups is 4. The summed E-state index contributed by atoms with van der Waals surface area (Å²) in [4.78, 5) is 13.3. The molecule has 2 aromatic carbocycles. The zero-order chi connectivity index (χ0) is 22.6. The Labute approximate surface area is 177 Å². The van der Waals surface area contributed by atoms with E-state index in [0.717, 1.165) is 0 Å². The maximum absolute atomic E-state index is 13.3. The van der Waals surface area contributed by atoms with E-state index in [1.54, 1.807) is 13.0 Å². The van der Waals surface area contributed by atoms with Gasteiger partial charge >= 0.3 is 0 Å². The molecule has 0 amide bonds. The first-order valence-corrected chi connectivity index (χ1v) is 9.79. The average molecular weight is 432 g/mol. The normalized spacial score (nSPS) is 29.9. The highest BCUT2D eigenvalue weighted by molar-refractivity contribution is 6.16. The van der Waals surface area contributed by atoms with Gasteiger partial charge in [0.25, 0.3) is 0 Å². The quantitative estimate of drug-likeness (QED) is 0.391. The second-order valence-electron chi connectivity index (χ2n) is 7.93. The smallest absolute Gasteiger partial charge is 0.201 e. The third kappa shape index (κ3) is 3.17. The molecule has 31 heavy (non-hydrogen) atoms. The summed E-state index contributed by atoms with van der Waals surface area (Å²) >= 11 is 0. The van der Waals surface area contributed by atoms with Crippen LogP contribution in [0.5, 0.6) is 17.2 Å². The molecule has 1 unspecified atom stereocenters. The highest BCUT2D eigenvalue weighted by Gasteiger charge is 2.50. The van der Waals surface area contributed by atoms with E-state index in [2.05, 4.69) is 0 Å². The zero-order valence-electron chi connectivity index (χ0n) is 16.9. The SMILES string of the molecule is COc1c(O)ccc2c1C(=O)c1c(O)cc(C)cc1C2[C@@H]1O[C@H](CO)[C@@H](O)[C@H](O)[C@H]1O. The van der Waals surface area contributed by atoms with E-state index in [0.29, 0.717) is 16.7 Å². The summed E-state index contributed by atoms with van der Waals surface area (Å²) in [6, 6.07) is 5.91. The molecule has 6 atom stereocenters. The number of aliphatic hydroxyl groups excluding tert-OH is 4. The van der Waals surface area contributed by atoms with Crippen LogP contribution in [0.3, 0.4) is 0 Å². The lowest BCUT2D eigenvalue weighted by molar-refractivity contribution is -0.232. The Balaban J connectivity index is 1.99. The van der Waals surface area contributed by atoms with E-state index < -0.39 is 48.8 Å². The van der Waals surface area contributed by atoms with Crippen molar-refractivity contribution >= 4 is 5.78 Å². The lowest BCUT2D eigenvalue weighted by atomic mass is 9.71. The van der Waals surface area contributed by atoms with Crippen molar-refractivity contribution in [1.82, 2.24) is 0 Å². The molecule has 2 aliphatic rings. The van der Waals surface area contributed by atoms with Gasteiger partial charge in [-0.05, 0) is 35.7 Å². The summed E-state index contributed by atoms with van der Waals surface area (Å²) in [5, 5.41) is 61.7. The molecule has 0 bridgehead atoms. The minimum Gasteiger partial charge on any atom is -0.507 e. The second kappa shape index (κ2) is 7.77. The molecular weight excluding hydrogens is 408 g/mol. The number of hydrogen-bond acceptors (Lipinski definition) is 9. The van der Waals surface area contributed by atoms with Crippen molar-refractivity contribution in [2.45, 2.75) is 43.4 Å². The van der Waals surface area contributed by atoms with Crippen molar-refractivity contribution in [3.63, 3.8) is 0 Å². The highest BCUT2D eigenvalue weighted by Crippen LogP contribution is 2.49. The Morgan fingerprint density at radius 1 is 0.968 bits per heavy atom. The summed E-state index contributed by atoms with van der Waals surface area (Å²) in [7, 11) is 1.29. The van der Waals surface area contributed by atoms with Crippen LogP contribution in [0, 0.1) is 6.92 Å². The van der Waals surface area contributed by atoms with Crippen LogP contribution in [0.15, 0.2) is 24.3 Å². The second-order valence-corrected chi connectivity index (χ2v) is 7.93. The molecule has 6 N–H and O–H groups in total. The third-order valence-corrected chi connectivity index (χ3v) is 6.05. The number of phenolic OH excluding ortho intramolecular Hbond substituents is 2. The number of ether oxygens (including phenoxy) is 2. The number of aromatic hydroxyl groups is 2. The van der Waals surface area contributed by atoms with Crippen LogP contribution < -0.4 is 4.74 Å². The van der Waals surface area contributed by atoms with Gasteiger partial charge in [-0.2, -0.15) is 0 Å². The van der Waals surface area contributed by atoms with Crippen LogP contribution in [0.2, 0.25) is 0 Å². The van der Waals surface area contributed by atoms with Crippen molar-refractivity contribution < 1.29 is 44.9 Å². The Morgan fingerprint density at radius 2 is 1.68 bits per heavy atom. The fraction of sp³-hybridized carbons (Fsp3) is 0.409. The average Bonchev–Trinajstić information content (AvgIpc) is 2.73. The van der Waals surface area contributed by atoms with Crippen LogP contribution in [0.4, 0.5) is 0 Å².